The van der Waals surface area contributed by atoms with E-state index >= 15 is 0 Å². The average molecular weight is 474 g/mol. The van der Waals surface area contributed by atoms with Crippen molar-refractivity contribution in [1.29, 1.82) is 0 Å². The van der Waals surface area contributed by atoms with E-state index in [1.165, 1.54) is 15.4 Å². The van der Waals surface area contributed by atoms with Crippen LogP contribution in [0.2, 0.25) is 0 Å². The van der Waals surface area contributed by atoms with Gasteiger partial charge in [0.25, 0.3) is 0 Å². The number of hydrogen-bond acceptors (Lipinski definition) is 4. The Morgan fingerprint density at radius 1 is 1.35 bits per heavy atom. The third-order valence-electron chi connectivity index (χ3n) is 3.02. The van der Waals surface area contributed by atoms with Crippen molar-refractivity contribution in [2.24, 2.45) is 4.99 Å². The molecule has 0 atom stereocenters. The molecule has 1 heterocycles. The third-order valence-corrected chi connectivity index (χ3v) is 5.26. The van der Waals surface area contributed by atoms with Crippen molar-refractivity contribution in [3.63, 3.8) is 0 Å². The number of guanidine groups is 1. The van der Waals surface area contributed by atoms with Crippen molar-refractivity contribution in [3.8, 4) is 0 Å². The molecule has 1 aromatic heterocycles. The van der Waals surface area contributed by atoms with Crippen LogP contribution in [-0.2, 0) is 16.6 Å². The highest BCUT2D eigenvalue weighted by Gasteiger charge is 2.13. The summed E-state index contributed by atoms with van der Waals surface area (Å²) in [5.74, 6) is 0.762. The first kappa shape index (κ1) is 22.6. The molecule has 9 heteroatoms. The van der Waals surface area contributed by atoms with E-state index in [0.717, 1.165) is 18.9 Å². The zero-order valence-corrected chi connectivity index (χ0v) is 17.9. The van der Waals surface area contributed by atoms with E-state index in [1.54, 1.807) is 11.3 Å². The van der Waals surface area contributed by atoms with Gasteiger partial charge in [0.2, 0.25) is 10.0 Å². The van der Waals surface area contributed by atoms with Gasteiger partial charge in [-0.3, -0.25) is 0 Å². The number of thiophene rings is 1. The second-order valence-corrected chi connectivity index (χ2v) is 7.82. The topological polar surface area (TPSA) is 73.8 Å². The number of rotatable bonds is 9. The molecule has 0 aliphatic carbocycles. The molecule has 0 aliphatic heterocycles. The molecular weight excluding hydrogens is 447 g/mol. The maximum Gasteiger partial charge on any atom is 0.211 e. The van der Waals surface area contributed by atoms with Gasteiger partial charge >= 0.3 is 0 Å². The SMILES string of the molecule is CCNC(=NCc1cccs1)NCCCN(CC)S(C)(=O)=O.I. The molecule has 134 valence electrons. The first-order valence-electron chi connectivity index (χ1n) is 7.47. The molecule has 1 aromatic rings. The van der Waals surface area contributed by atoms with Crippen molar-refractivity contribution in [1.82, 2.24) is 14.9 Å². The van der Waals surface area contributed by atoms with E-state index in [0.29, 0.717) is 26.2 Å². The predicted molar refractivity (Wildman–Crippen MR) is 109 cm³/mol. The minimum atomic E-state index is -3.10. The van der Waals surface area contributed by atoms with Crippen molar-refractivity contribution in [2.75, 3.05) is 32.4 Å². The molecule has 0 aliphatic rings. The maximum atomic E-state index is 11.5. The Morgan fingerprint density at radius 2 is 2.09 bits per heavy atom. The largest absolute Gasteiger partial charge is 0.357 e. The van der Waals surface area contributed by atoms with Crippen molar-refractivity contribution in [2.45, 2.75) is 26.8 Å². The lowest BCUT2D eigenvalue weighted by Crippen LogP contribution is -2.39. The van der Waals surface area contributed by atoms with Crippen LogP contribution in [-0.4, -0.2) is 51.1 Å². The van der Waals surface area contributed by atoms with Gasteiger partial charge in [-0.15, -0.1) is 35.3 Å². The highest BCUT2D eigenvalue weighted by atomic mass is 127. The molecule has 6 nitrogen and oxygen atoms in total. The molecule has 2 N–H and O–H groups in total. The third kappa shape index (κ3) is 9.48. The molecule has 0 radical (unpaired) electrons. The van der Waals surface area contributed by atoms with Crippen LogP contribution < -0.4 is 10.6 Å². The van der Waals surface area contributed by atoms with Crippen molar-refractivity contribution >= 4 is 51.3 Å². The summed E-state index contributed by atoms with van der Waals surface area (Å²) in [6.07, 6.45) is 1.99. The van der Waals surface area contributed by atoms with E-state index in [9.17, 15) is 8.42 Å². The van der Waals surface area contributed by atoms with Crippen molar-refractivity contribution < 1.29 is 8.42 Å². The Balaban J connectivity index is 0.00000484. The lowest BCUT2D eigenvalue weighted by atomic mass is 10.4. The minimum absolute atomic E-state index is 0. The quantitative estimate of drug-likeness (QED) is 0.249. The second kappa shape index (κ2) is 12.0. The minimum Gasteiger partial charge on any atom is -0.357 e. The van der Waals surface area contributed by atoms with Crippen LogP contribution >= 0.6 is 35.3 Å². The van der Waals surface area contributed by atoms with Gasteiger partial charge in [-0.05, 0) is 24.8 Å². The summed E-state index contributed by atoms with van der Waals surface area (Å²) in [4.78, 5) is 5.73. The van der Waals surface area contributed by atoms with Gasteiger partial charge in [-0.2, -0.15) is 0 Å². The lowest BCUT2D eigenvalue weighted by molar-refractivity contribution is 0.424. The van der Waals surface area contributed by atoms with E-state index in [1.807, 2.05) is 25.3 Å². The second-order valence-electron chi connectivity index (χ2n) is 4.81. The Labute approximate surface area is 160 Å². The van der Waals surface area contributed by atoms with Crippen LogP contribution in [0.3, 0.4) is 0 Å². The summed E-state index contributed by atoms with van der Waals surface area (Å²) in [6.45, 7) is 7.02. The average Bonchev–Trinajstić information content (AvgIpc) is 2.96. The molecule has 0 bridgehead atoms. The smallest absolute Gasteiger partial charge is 0.211 e. The fraction of sp³-hybridized carbons (Fsp3) is 0.643. The zero-order valence-electron chi connectivity index (χ0n) is 13.9. The van der Waals surface area contributed by atoms with E-state index in [2.05, 4.69) is 21.7 Å². The Bertz CT molecular complexity index is 547. The summed E-state index contributed by atoms with van der Waals surface area (Å²) in [6, 6.07) is 4.07. The van der Waals surface area contributed by atoms with Gasteiger partial charge in [-0.25, -0.2) is 17.7 Å². The summed E-state index contributed by atoms with van der Waals surface area (Å²) in [7, 11) is -3.10. The van der Waals surface area contributed by atoms with E-state index in [4.69, 9.17) is 0 Å². The normalized spacial score (nSPS) is 12.1. The number of sulfonamides is 1. The first-order chi connectivity index (χ1) is 10.5. The molecule has 0 aromatic carbocycles. The Hall–Kier alpha value is -0.390. The standard InChI is InChI=1S/C14H26N4O2S2.HI/c1-4-15-14(17-12-13-8-6-11-21-13)16-9-7-10-18(5-2)22(3,19)20;/h6,8,11H,4-5,7,9-10,12H2,1-3H3,(H2,15,16,17);1H. The molecule has 0 unspecified atom stereocenters. The van der Waals surface area contributed by atoms with E-state index in [-0.39, 0.29) is 24.0 Å². The van der Waals surface area contributed by atoms with Crippen LogP contribution in [0.5, 0.6) is 0 Å². The number of nitrogens with one attached hydrogen (secondary N) is 2. The van der Waals surface area contributed by atoms with Crippen LogP contribution in [0, 0.1) is 0 Å². The van der Waals surface area contributed by atoms with Gasteiger partial charge in [-0.1, -0.05) is 13.0 Å². The number of aliphatic imine (C=N–C) groups is 1. The van der Waals surface area contributed by atoms with E-state index < -0.39 is 10.0 Å². The number of halogens is 1. The lowest BCUT2D eigenvalue weighted by Gasteiger charge is -2.18. The number of hydrogen-bond donors (Lipinski definition) is 2. The monoisotopic (exact) mass is 474 g/mol. The van der Waals surface area contributed by atoms with Crippen molar-refractivity contribution in [3.05, 3.63) is 22.4 Å². The van der Waals surface area contributed by atoms with Crippen LogP contribution in [0.25, 0.3) is 0 Å². The van der Waals surface area contributed by atoms with Gasteiger partial charge < -0.3 is 10.6 Å². The number of nitrogens with zero attached hydrogens (tertiary/aromatic N) is 2. The summed E-state index contributed by atoms with van der Waals surface area (Å²) in [5.41, 5.74) is 0. The molecule has 0 spiro atoms. The maximum absolute atomic E-state index is 11.5. The molecule has 0 saturated heterocycles. The highest BCUT2D eigenvalue weighted by molar-refractivity contribution is 14.0. The van der Waals surface area contributed by atoms with Crippen LogP contribution in [0.1, 0.15) is 25.1 Å². The molecular formula is C14H27IN4O2S2. The first-order valence-corrected chi connectivity index (χ1v) is 10.2. The van der Waals surface area contributed by atoms with Gasteiger partial charge in [0, 0.05) is 31.1 Å². The molecule has 0 amide bonds. The fourth-order valence-electron chi connectivity index (χ4n) is 1.92. The molecule has 0 saturated carbocycles. The Morgan fingerprint density at radius 3 is 2.61 bits per heavy atom. The zero-order chi connectivity index (χ0) is 16.4. The Kier molecular flexibility index (Phi) is 11.8. The predicted octanol–water partition coefficient (Wildman–Crippen LogP) is 2.09. The van der Waals surface area contributed by atoms with Gasteiger partial charge in [0.1, 0.15) is 0 Å². The van der Waals surface area contributed by atoms with Crippen LogP contribution in [0.4, 0.5) is 0 Å². The van der Waals surface area contributed by atoms with Gasteiger partial charge in [0.05, 0.1) is 12.8 Å². The van der Waals surface area contributed by atoms with Gasteiger partial charge in [0.15, 0.2) is 5.96 Å². The summed E-state index contributed by atoms with van der Waals surface area (Å²) >= 11 is 1.68. The fourth-order valence-corrected chi connectivity index (χ4v) is 3.48. The molecule has 23 heavy (non-hydrogen) atoms. The highest BCUT2D eigenvalue weighted by Crippen LogP contribution is 2.09. The summed E-state index contributed by atoms with van der Waals surface area (Å²) < 4.78 is 24.5. The van der Waals surface area contributed by atoms with Crippen LogP contribution in [0.15, 0.2) is 22.5 Å². The molecule has 0 fully saturated rings. The molecule has 1 rings (SSSR count). The summed E-state index contributed by atoms with van der Waals surface area (Å²) in [5, 5.41) is 8.46.